The van der Waals surface area contributed by atoms with Crippen molar-refractivity contribution in [3.05, 3.63) is 32.8 Å². The van der Waals surface area contributed by atoms with Gasteiger partial charge in [0.25, 0.3) is 5.69 Å². The van der Waals surface area contributed by atoms with Crippen LogP contribution in [-0.4, -0.2) is 23.4 Å². The molecule has 7 heteroatoms. The monoisotopic (exact) mass is 341 g/mol. The number of nitro benzene ring substituents is 1. The van der Waals surface area contributed by atoms with Gasteiger partial charge in [-0.15, -0.1) is 0 Å². The molecule has 0 saturated carbocycles. The molecule has 2 atom stereocenters. The highest BCUT2D eigenvalue weighted by Crippen LogP contribution is 2.27. The van der Waals surface area contributed by atoms with Gasteiger partial charge in [0, 0.05) is 16.6 Å². The summed E-state index contributed by atoms with van der Waals surface area (Å²) in [6.45, 7) is 2.93. The second kappa shape index (κ2) is 6.32. The minimum atomic E-state index is -0.483. The van der Waals surface area contributed by atoms with Crippen LogP contribution in [0.1, 0.15) is 19.8 Å². The van der Waals surface area contributed by atoms with Gasteiger partial charge in [-0.05, 0) is 47.3 Å². The molecule has 2 N–H and O–H groups in total. The average Bonchev–Trinajstić information content (AvgIpc) is 2.41. The summed E-state index contributed by atoms with van der Waals surface area (Å²) in [7, 11) is 0. The van der Waals surface area contributed by atoms with E-state index in [0.29, 0.717) is 16.1 Å². The van der Waals surface area contributed by atoms with E-state index < -0.39 is 4.92 Å². The Balaban J connectivity index is 2.10. The van der Waals surface area contributed by atoms with Crippen LogP contribution in [0.3, 0.4) is 0 Å². The fourth-order valence-corrected chi connectivity index (χ4v) is 2.60. The first-order valence-corrected chi connectivity index (χ1v) is 7.25. The second-order valence-electron chi connectivity index (χ2n) is 5.05. The number of carbonyl (C=O) groups is 1. The summed E-state index contributed by atoms with van der Waals surface area (Å²) in [5.74, 6) is 0.346. The fraction of sp³-hybridized carbons (Fsp3) is 0.462. The van der Waals surface area contributed by atoms with Gasteiger partial charge >= 0.3 is 0 Å². The molecular weight excluding hydrogens is 326 g/mol. The van der Waals surface area contributed by atoms with Gasteiger partial charge in [-0.25, -0.2) is 0 Å². The van der Waals surface area contributed by atoms with Crippen molar-refractivity contribution in [2.75, 3.05) is 11.9 Å². The number of benzene rings is 1. The number of nitro groups is 1. The third-order valence-electron chi connectivity index (χ3n) is 3.40. The van der Waals surface area contributed by atoms with E-state index in [-0.39, 0.29) is 17.6 Å². The van der Waals surface area contributed by atoms with Crippen LogP contribution in [0.15, 0.2) is 22.7 Å². The molecule has 1 aromatic rings. The SMILES string of the molecule is CC1CCNC(C(=O)Nc2cc([N+](=O)[O-])ccc2Br)C1. The first-order chi connectivity index (χ1) is 9.47. The minimum absolute atomic E-state index is 0.0477. The Kier molecular flexibility index (Phi) is 4.72. The third-order valence-corrected chi connectivity index (χ3v) is 4.09. The van der Waals surface area contributed by atoms with E-state index in [1.54, 1.807) is 6.07 Å². The standard InChI is InChI=1S/C13H16BrN3O3/c1-8-4-5-15-12(6-8)13(18)16-11-7-9(17(19)20)2-3-10(11)14/h2-3,7-8,12,15H,4-6H2,1H3,(H,16,18). The van der Waals surface area contributed by atoms with Gasteiger partial charge in [-0.1, -0.05) is 6.92 Å². The average molecular weight is 342 g/mol. The first-order valence-electron chi connectivity index (χ1n) is 6.45. The van der Waals surface area contributed by atoms with Gasteiger partial charge in [0.1, 0.15) is 0 Å². The molecule has 2 rings (SSSR count). The number of nitrogens with one attached hydrogen (secondary N) is 2. The Bertz CT molecular complexity index is 536. The van der Waals surface area contributed by atoms with Crippen molar-refractivity contribution < 1.29 is 9.72 Å². The van der Waals surface area contributed by atoms with Gasteiger partial charge in [0.15, 0.2) is 0 Å². The topological polar surface area (TPSA) is 84.3 Å². The van der Waals surface area contributed by atoms with Crippen LogP contribution in [0.2, 0.25) is 0 Å². The van der Waals surface area contributed by atoms with Crippen LogP contribution in [0.4, 0.5) is 11.4 Å². The highest BCUT2D eigenvalue weighted by Gasteiger charge is 2.25. The maximum atomic E-state index is 12.2. The summed E-state index contributed by atoms with van der Waals surface area (Å²) in [6, 6.07) is 4.06. The molecule has 20 heavy (non-hydrogen) atoms. The maximum Gasteiger partial charge on any atom is 0.271 e. The predicted octanol–water partition coefficient (Wildman–Crippen LogP) is 2.68. The number of piperidine rings is 1. The normalized spacial score (nSPS) is 22.3. The lowest BCUT2D eigenvalue weighted by Gasteiger charge is -2.27. The second-order valence-corrected chi connectivity index (χ2v) is 5.90. The largest absolute Gasteiger partial charge is 0.323 e. The quantitative estimate of drug-likeness (QED) is 0.653. The van der Waals surface area contributed by atoms with E-state index in [1.165, 1.54) is 12.1 Å². The maximum absolute atomic E-state index is 12.2. The highest BCUT2D eigenvalue weighted by molar-refractivity contribution is 9.10. The number of non-ortho nitro benzene ring substituents is 1. The molecule has 1 fully saturated rings. The van der Waals surface area contributed by atoms with E-state index in [4.69, 9.17) is 0 Å². The van der Waals surface area contributed by atoms with Crippen LogP contribution in [0, 0.1) is 16.0 Å². The van der Waals surface area contributed by atoms with Gasteiger partial charge in [0.2, 0.25) is 5.91 Å². The van der Waals surface area contributed by atoms with Gasteiger partial charge in [-0.3, -0.25) is 14.9 Å². The molecule has 0 aliphatic carbocycles. The fourth-order valence-electron chi connectivity index (χ4n) is 2.25. The molecule has 0 bridgehead atoms. The summed E-state index contributed by atoms with van der Waals surface area (Å²) in [5.41, 5.74) is 0.373. The van der Waals surface area contributed by atoms with E-state index in [2.05, 4.69) is 33.5 Å². The molecule has 0 radical (unpaired) electrons. The Labute approximate surface area is 125 Å². The summed E-state index contributed by atoms with van der Waals surface area (Å²) >= 11 is 3.29. The van der Waals surface area contributed by atoms with E-state index in [9.17, 15) is 14.9 Å². The Hall–Kier alpha value is -1.47. The highest BCUT2D eigenvalue weighted by atomic mass is 79.9. The third kappa shape index (κ3) is 3.55. The zero-order valence-electron chi connectivity index (χ0n) is 11.1. The van der Waals surface area contributed by atoms with Crippen molar-refractivity contribution in [2.24, 2.45) is 5.92 Å². The molecule has 1 amide bonds. The van der Waals surface area contributed by atoms with Crippen LogP contribution in [0.25, 0.3) is 0 Å². The zero-order valence-corrected chi connectivity index (χ0v) is 12.6. The molecule has 0 spiro atoms. The number of halogens is 1. The number of amides is 1. The summed E-state index contributed by atoms with van der Waals surface area (Å²) in [4.78, 5) is 22.5. The lowest BCUT2D eigenvalue weighted by Crippen LogP contribution is -2.45. The molecule has 6 nitrogen and oxygen atoms in total. The zero-order chi connectivity index (χ0) is 14.7. The molecular formula is C13H16BrN3O3. The number of nitrogens with zero attached hydrogens (tertiary/aromatic N) is 1. The number of anilines is 1. The molecule has 1 aromatic carbocycles. The Morgan fingerprint density at radius 2 is 2.30 bits per heavy atom. The van der Waals surface area contributed by atoms with Gasteiger partial charge in [0.05, 0.1) is 16.7 Å². The molecule has 1 saturated heterocycles. The van der Waals surface area contributed by atoms with Crippen molar-refractivity contribution >= 4 is 33.2 Å². The first kappa shape index (κ1) is 14.9. The van der Waals surface area contributed by atoms with Crippen molar-refractivity contribution in [1.82, 2.24) is 5.32 Å². The lowest BCUT2D eigenvalue weighted by molar-refractivity contribution is -0.384. The van der Waals surface area contributed by atoms with Crippen LogP contribution < -0.4 is 10.6 Å². The summed E-state index contributed by atoms with van der Waals surface area (Å²) < 4.78 is 0.625. The van der Waals surface area contributed by atoms with E-state index in [1.807, 2.05) is 0 Å². The molecule has 1 aliphatic heterocycles. The number of rotatable bonds is 3. The van der Waals surface area contributed by atoms with Crippen molar-refractivity contribution in [3.63, 3.8) is 0 Å². The minimum Gasteiger partial charge on any atom is -0.323 e. The number of carbonyl (C=O) groups excluding carboxylic acids is 1. The van der Waals surface area contributed by atoms with Crippen molar-refractivity contribution in [2.45, 2.75) is 25.8 Å². The van der Waals surface area contributed by atoms with Crippen LogP contribution >= 0.6 is 15.9 Å². The van der Waals surface area contributed by atoms with Crippen LogP contribution in [-0.2, 0) is 4.79 Å². The van der Waals surface area contributed by atoms with Crippen molar-refractivity contribution in [1.29, 1.82) is 0 Å². The Morgan fingerprint density at radius 3 is 2.95 bits per heavy atom. The number of hydrogen-bond acceptors (Lipinski definition) is 4. The summed E-state index contributed by atoms with van der Waals surface area (Å²) in [6.07, 6.45) is 1.84. The number of hydrogen-bond donors (Lipinski definition) is 2. The lowest BCUT2D eigenvalue weighted by atomic mass is 9.94. The smallest absolute Gasteiger partial charge is 0.271 e. The molecule has 0 aromatic heterocycles. The summed E-state index contributed by atoms with van der Waals surface area (Å²) in [5, 5.41) is 16.7. The predicted molar refractivity (Wildman–Crippen MR) is 79.6 cm³/mol. The molecule has 108 valence electrons. The van der Waals surface area contributed by atoms with E-state index in [0.717, 1.165) is 19.4 Å². The van der Waals surface area contributed by atoms with E-state index >= 15 is 0 Å². The molecule has 1 heterocycles. The van der Waals surface area contributed by atoms with Crippen LogP contribution in [0.5, 0.6) is 0 Å². The Morgan fingerprint density at radius 1 is 1.55 bits per heavy atom. The van der Waals surface area contributed by atoms with Gasteiger partial charge in [-0.2, -0.15) is 0 Å². The molecule has 1 aliphatic rings. The van der Waals surface area contributed by atoms with Crippen molar-refractivity contribution in [3.8, 4) is 0 Å². The molecule has 2 unspecified atom stereocenters. The van der Waals surface area contributed by atoms with Gasteiger partial charge < -0.3 is 10.6 Å².